The minimum Gasteiger partial charge on any atom is -0.497 e. The second-order valence-corrected chi connectivity index (χ2v) is 4.16. The maximum absolute atomic E-state index is 8.39. The van der Waals surface area contributed by atoms with E-state index in [4.69, 9.17) is 15.7 Å². The Morgan fingerprint density at radius 1 is 1.44 bits per heavy atom. The van der Waals surface area contributed by atoms with E-state index in [1.807, 2.05) is 25.1 Å². The van der Waals surface area contributed by atoms with Crippen molar-refractivity contribution in [3.05, 3.63) is 23.8 Å². The fourth-order valence-corrected chi connectivity index (χ4v) is 1.67. The SMILES string of the molecule is COc1ccc(NCCCCC(N)=NO)c(C)c1. The highest BCUT2D eigenvalue weighted by Gasteiger charge is 2.00. The summed E-state index contributed by atoms with van der Waals surface area (Å²) in [5.74, 6) is 1.15. The molecule has 0 fully saturated rings. The highest BCUT2D eigenvalue weighted by atomic mass is 16.5. The molecule has 0 aliphatic carbocycles. The zero-order valence-corrected chi connectivity index (χ0v) is 10.9. The number of nitrogens with zero attached hydrogens (tertiary/aromatic N) is 1. The molecule has 0 aliphatic heterocycles. The van der Waals surface area contributed by atoms with E-state index in [1.54, 1.807) is 7.11 Å². The van der Waals surface area contributed by atoms with Crippen LogP contribution in [-0.2, 0) is 0 Å². The maximum Gasteiger partial charge on any atom is 0.139 e. The van der Waals surface area contributed by atoms with E-state index in [9.17, 15) is 0 Å². The molecule has 5 nitrogen and oxygen atoms in total. The van der Waals surface area contributed by atoms with Crippen LogP contribution in [0.5, 0.6) is 5.75 Å². The Morgan fingerprint density at radius 3 is 2.83 bits per heavy atom. The average Bonchev–Trinajstić information content (AvgIpc) is 2.39. The standard InChI is InChI=1S/C13H21N3O2/c1-10-9-11(18-2)6-7-12(10)15-8-4-3-5-13(14)16-17/h6-7,9,15,17H,3-5,8H2,1-2H3,(H2,14,16). The number of rotatable bonds is 7. The second kappa shape index (κ2) is 7.42. The van der Waals surface area contributed by atoms with Gasteiger partial charge in [0.2, 0.25) is 0 Å². The summed E-state index contributed by atoms with van der Waals surface area (Å²) in [5, 5.41) is 14.7. The zero-order valence-electron chi connectivity index (χ0n) is 10.9. The average molecular weight is 251 g/mol. The van der Waals surface area contributed by atoms with Crippen LogP contribution in [0.1, 0.15) is 24.8 Å². The van der Waals surface area contributed by atoms with Crippen LogP contribution in [0.2, 0.25) is 0 Å². The molecule has 0 aromatic heterocycles. The molecule has 0 saturated heterocycles. The van der Waals surface area contributed by atoms with Crippen molar-refractivity contribution in [3.63, 3.8) is 0 Å². The quantitative estimate of drug-likeness (QED) is 0.228. The van der Waals surface area contributed by atoms with Gasteiger partial charge in [0, 0.05) is 18.7 Å². The van der Waals surface area contributed by atoms with Crippen molar-refractivity contribution in [1.82, 2.24) is 0 Å². The third-order valence-electron chi connectivity index (χ3n) is 2.74. The molecule has 0 radical (unpaired) electrons. The van der Waals surface area contributed by atoms with Gasteiger partial charge in [0.1, 0.15) is 11.6 Å². The monoisotopic (exact) mass is 251 g/mol. The summed E-state index contributed by atoms with van der Waals surface area (Å²) in [6.07, 6.45) is 2.50. The Kier molecular flexibility index (Phi) is 5.84. The van der Waals surface area contributed by atoms with Crippen molar-refractivity contribution in [1.29, 1.82) is 0 Å². The van der Waals surface area contributed by atoms with Crippen LogP contribution < -0.4 is 15.8 Å². The number of unbranched alkanes of at least 4 members (excludes halogenated alkanes) is 1. The van der Waals surface area contributed by atoms with Gasteiger partial charge in [0.15, 0.2) is 0 Å². The van der Waals surface area contributed by atoms with Crippen LogP contribution in [0.4, 0.5) is 5.69 Å². The van der Waals surface area contributed by atoms with Crippen molar-refractivity contribution < 1.29 is 9.94 Å². The molecule has 100 valence electrons. The molecule has 4 N–H and O–H groups in total. The van der Waals surface area contributed by atoms with Gasteiger partial charge >= 0.3 is 0 Å². The molecule has 0 saturated carbocycles. The number of hydrogen-bond acceptors (Lipinski definition) is 4. The molecule has 1 aromatic rings. The van der Waals surface area contributed by atoms with Crippen LogP contribution in [0.25, 0.3) is 0 Å². The van der Waals surface area contributed by atoms with Gasteiger partial charge < -0.3 is 21.0 Å². The predicted molar refractivity (Wildman–Crippen MR) is 73.5 cm³/mol. The topological polar surface area (TPSA) is 79.9 Å². The van der Waals surface area contributed by atoms with E-state index in [1.165, 1.54) is 0 Å². The summed E-state index contributed by atoms with van der Waals surface area (Å²) in [4.78, 5) is 0. The minimum atomic E-state index is 0.288. The molecular formula is C13H21N3O2. The lowest BCUT2D eigenvalue weighted by Gasteiger charge is -2.10. The summed E-state index contributed by atoms with van der Waals surface area (Å²) in [7, 11) is 1.66. The number of anilines is 1. The third kappa shape index (κ3) is 4.53. The summed E-state index contributed by atoms with van der Waals surface area (Å²) in [5.41, 5.74) is 7.66. The number of oxime groups is 1. The number of nitrogens with two attached hydrogens (primary N) is 1. The first-order valence-electron chi connectivity index (χ1n) is 6.02. The number of aryl methyl sites for hydroxylation is 1. The number of ether oxygens (including phenoxy) is 1. The predicted octanol–water partition coefficient (Wildman–Crippen LogP) is 2.33. The first kappa shape index (κ1) is 14.2. The highest BCUT2D eigenvalue weighted by molar-refractivity contribution is 5.79. The van der Waals surface area contributed by atoms with Crippen LogP contribution in [0.15, 0.2) is 23.4 Å². The van der Waals surface area contributed by atoms with Gasteiger partial charge in [-0.2, -0.15) is 0 Å². The Morgan fingerprint density at radius 2 is 2.22 bits per heavy atom. The lowest BCUT2D eigenvalue weighted by atomic mass is 10.1. The Labute approximate surface area is 108 Å². The van der Waals surface area contributed by atoms with Crippen molar-refractivity contribution in [2.24, 2.45) is 10.9 Å². The smallest absolute Gasteiger partial charge is 0.139 e. The van der Waals surface area contributed by atoms with Crippen LogP contribution in [0.3, 0.4) is 0 Å². The number of hydrogen-bond donors (Lipinski definition) is 3. The summed E-state index contributed by atoms with van der Waals surface area (Å²) >= 11 is 0. The molecular weight excluding hydrogens is 230 g/mol. The first-order valence-corrected chi connectivity index (χ1v) is 6.02. The fraction of sp³-hybridized carbons (Fsp3) is 0.462. The van der Waals surface area contributed by atoms with Gasteiger partial charge in [0.05, 0.1) is 7.11 Å². The lowest BCUT2D eigenvalue weighted by Crippen LogP contribution is -2.12. The van der Waals surface area contributed by atoms with E-state index in [2.05, 4.69) is 10.5 Å². The highest BCUT2D eigenvalue weighted by Crippen LogP contribution is 2.20. The van der Waals surface area contributed by atoms with Gasteiger partial charge in [-0.3, -0.25) is 0 Å². The molecule has 1 rings (SSSR count). The fourth-order valence-electron chi connectivity index (χ4n) is 1.67. The number of amidine groups is 1. The van der Waals surface area contributed by atoms with E-state index in [0.717, 1.165) is 36.4 Å². The van der Waals surface area contributed by atoms with Crippen molar-refractivity contribution in [2.75, 3.05) is 19.0 Å². The van der Waals surface area contributed by atoms with Crippen LogP contribution >= 0.6 is 0 Å². The summed E-state index contributed by atoms with van der Waals surface area (Å²) in [6, 6.07) is 5.95. The molecule has 0 bridgehead atoms. The number of benzene rings is 1. The summed E-state index contributed by atoms with van der Waals surface area (Å²) in [6.45, 7) is 2.91. The Hall–Kier alpha value is -1.91. The van der Waals surface area contributed by atoms with Gasteiger partial charge in [-0.15, -0.1) is 0 Å². The van der Waals surface area contributed by atoms with Gasteiger partial charge in [-0.05, 0) is 43.5 Å². The zero-order chi connectivity index (χ0) is 13.4. The van der Waals surface area contributed by atoms with E-state index in [0.29, 0.717) is 6.42 Å². The van der Waals surface area contributed by atoms with E-state index < -0.39 is 0 Å². The third-order valence-corrected chi connectivity index (χ3v) is 2.74. The second-order valence-electron chi connectivity index (χ2n) is 4.16. The Bertz CT molecular complexity index is 405. The van der Waals surface area contributed by atoms with E-state index >= 15 is 0 Å². The first-order chi connectivity index (χ1) is 8.67. The van der Waals surface area contributed by atoms with Gasteiger partial charge in [-0.25, -0.2) is 0 Å². The molecule has 0 atom stereocenters. The Balaban J connectivity index is 2.31. The van der Waals surface area contributed by atoms with Crippen molar-refractivity contribution in [2.45, 2.75) is 26.2 Å². The van der Waals surface area contributed by atoms with Crippen molar-refractivity contribution >= 4 is 11.5 Å². The number of methoxy groups -OCH3 is 1. The molecule has 18 heavy (non-hydrogen) atoms. The molecule has 0 spiro atoms. The van der Waals surface area contributed by atoms with Crippen molar-refractivity contribution in [3.8, 4) is 5.75 Å². The molecule has 5 heteroatoms. The molecule has 0 heterocycles. The summed E-state index contributed by atoms with van der Waals surface area (Å²) < 4.78 is 5.15. The van der Waals surface area contributed by atoms with Gasteiger partial charge in [-0.1, -0.05) is 5.16 Å². The van der Waals surface area contributed by atoms with Crippen LogP contribution in [0, 0.1) is 6.92 Å². The van der Waals surface area contributed by atoms with E-state index in [-0.39, 0.29) is 5.84 Å². The molecule has 0 unspecified atom stereocenters. The number of nitrogens with one attached hydrogen (secondary N) is 1. The lowest BCUT2D eigenvalue weighted by molar-refractivity contribution is 0.316. The minimum absolute atomic E-state index is 0.288. The molecule has 0 aliphatic rings. The molecule has 0 amide bonds. The normalized spacial score (nSPS) is 11.3. The molecule has 1 aromatic carbocycles. The van der Waals surface area contributed by atoms with Crippen LogP contribution in [-0.4, -0.2) is 24.7 Å². The maximum atomic E-state index is 8.39. The van der Waals surface area contributed by atoms with Gasteiger partial charge in [0.25, 0.3) is 0 Å². The largest absolute Gasteiger partial charge is 0.497 e.